The third-order valence-electron chi connectivity index (χ3n) is 2.94. The van der Waals surface area contributed by atoms with E-state index in [1.54, 1.807) is 32.0 Å². The predicted molar refractivity (Wildman–Crippen MR) is 75.6 cm³/mol. The van der Waals surface area contributed by atoms with Gasteiger partial charge in [0.2, 0.25) is 5.91 Å². The Hall–Kier alpha value is -2.44. The molecule has 0 aliphatic rings. The van der Waals surface area contributed by atoms with Crippen LogP contribution >= 0.6 is 0 Å². The summed E-state index contributed by atoms with van der Waals surface area (Å²) < 4.78 is 4.64. The fourth-order valence-corrected chi connectivity index (χ4v) is 1.76. The number of ether oxygens (including phenoxy) is 1. The van der Waals surface area contributed by atoms with Crippen LogP contribution in [0.1, 0.15) is 19.4 Å². The van der Waals surface area contributed by atoms with Crippen molar-refractivity contribution in [3.8, 4) is 0 Å². The lowest BCUT2D eigenvalue weighted by molar-refractivity contribution is -0.385. The number of para-hydroxylation sites is 1. The molecule has 0 bridgehead atoms. The minimum absolute atomic E-state index is 0.00227. The quantitative estimate of drug-likeness (QED) is 0.486. The molecule has 7 heteroatoms. The minimum Gasteiger partial charge on any atom is -0.467 e. The number of carbonyl (C=O) groups excluding carboxylic acids is 2. The van der Waals surface area contributed by atoms with E-state index in [9.17, 15) is 19.7 Å². The molecule has 1 amide bonds. The average molecular weight is 294 g/mol. The largest absolute Gasteiger partial charge is 0.467 e. The second kappa shape index (κ2) is 7.37. The van der Waals surface area contributed by atoms with Gasteiger partial charge in [0, 0.05) is 24.0 Å². The third-order valence-corrected chi connectivity index (χ3v) is 2.94. The summed E-state index contributed by atoms with van der Waals surface area (Å²) in [6.45, 7) is 3.38. The van der Waals surface area contributed by atoms with Crippen LogP contribution in [0.25, 0.3) is 0 Å². The molecular formula is C14H18N2O5. The monoisotopic (exact) mass is 294 g/mol. The smallest absolute Gasteiger partial charge is 0.328 e. The van der Waals surface area contributed by atoms with E-state index in [0.29, 0.717) is 5.56 Å². The Balaban J connectivity index is 2.99. The van der Waals surface area contributed by atoms with Crippen molar-refractivity contribution in [3.63, 3.8) is 0 Å². The second-order valence-electron chi connectivity index (χ2n) is 4.83. The molecule has 1 aromatic rings. The SMILES string of the molecule is COC(=O)[C@@H](Cc1ccccc1[N+](=O)[O-])NC(=O)C(C)C. The Morgan fingerprint density at radius 1 is 1.33 bits per heavy atom. The van der Waals surface area contributed by atoms with Crippen molar-refractivity contribution in [1.29, 1.82) is 0 Å². The van der Waals surface area contributed by atoms with Gasteiger partial charge in [-0.25, -0.2) is 4.79 Å². The normalized spacial score (nSPS) is 11.8. The number of nitro benzene ring substituents is 1. The first-order valence-electron chi connectivity index (χ1n) is 6.47. The summed E-state index contributed by atoms with van der Waals surface area (Å²) in [6, 6.07) is 5.14. The number of esters is 1. The first-order chi connectivity index (χ1) is 9.86. The van der Waals surface area contributed by atoms with Gasteiger partial charge < -0.3 is 10.1 Å². The molecule has 0 saturated carbocycles. The van der Waals surface area contributed by atoms with Gasteiger partial charge in [-0.2, -0.15) is 0 Å². The number of methoxy groups -OCH3 is 1. The van der Waals surface area contributed by atoms with Gasteiger partial charge in [0.05, 0.1) is 12.0 Å². The first kappa shape index (κ1) is 16.6. The van der Waals surface area contributed by atoms with Crippen LogP contribution in [0.3, 0.4) is 0 Å². The van der Waals surface area contributed by atoms with E-state index in [0.717, 1.165) is 0 Å². The maximum atomic E-state index is 11.7. The van der Waals surface area contributed by atoms with Crippen LogP contribution in [0.2, 0.25) is 0 Å². The Morgan fingerprint density at radius 3 is 2.48 bits per heavy atom. The summed E-state index contributed by atoms with van der Waals surface area (Å²) in [5, 5.41) is 13.5. The molecule has 0 aliphatic carbocycles. The lowest BCUT2D eigenvalue weighted by Gasteiger charge is -2.17. The summed E-state index contributed by atoms with van der Waals surface area (Å²) >= 11 is 0. The van der Waals surface area contributed by atoms with Crippen molar-refractivity contribution in [2.24, 2.45) is 5.92 Å². The van der Waals surface area contributed by atoms with Gasteiger partial charge >= 0.3 is 5.97 Å². The Labute approximate surface area is 122 Å². The third kappa shape index (κ3) is 4.55. The highest BCUT2D eigenvalue weighted by Gasteiger charge is 2.26. The van der Waals surface area contributed by atoms with E-state index in [2.05, 4.69) is 10.1 Å². The standard InChI is InChI=1S/C14H18N2O5/c1-9(2)13(17)15-11(14(18)21-3)8-10-6-4-5-7-12(10)16(19)20/h4-7,9,11H,8H2,1-3H3,(H,15,17)/t11-/m1/s1. The number of nitro groups is 1. The summed E-state index contributed by atoms with van der Waals surface area (Å²) in [5.41, 5.74) is 0.271. The summed E-state index contributed by atoms with van der Waals surface area (Å²) in [5.74, 6) is -1.26. The molecule has 0 saturated heterocycles. The highest BCUT2D eigenvalue weighted by Crippen LogP contribution is 2.19. The Morgan fingerprint density at radius 2 is 1.95 bits per heavy atom. The van der Waals surface area contributed by atoms with E-state index in [4.69, 9.17) is 0 Å². The topological polar surface area (TPSA) is 98.5 Å². The van der Waals surface area contributed by atoms with Gasteiger partial charge in [-0.1, -0.05) is 32.0 Å². The van der Waals surface area contributed by atoms with Gasteiger partial charge in [0.1, 0.15) is 6.04 Å². The molecule has 1 aromatic carbocycles. The van der Waals surface area contributed by atoms with E-state index in [-0.39, 0.29) is 23.9 Å². The van der Waals surface area contributed by atoms with Crippen molar-refractivity contribution >= 4 is 17.6 Å². The fourth-order valence-electron chi connectivity index (χ4n) is 1.76. The average Bonchev–Trinajstić information content (AvgIpc) is 2.45. The number of hydrogen-bond donors (Lipinski definition) is 1. The van der Waals surface area contributed by atoms with Crippen molar-refractivity contribution in [2.45, 2.75) is 26.3 Å². The molecule has 0 aromatic heterocycles. The molecular weight excluding hydrogens is 276 g/mol. The molecule has 1 rings (SSSR count). The molecule has 0 aliphatic heterocycles. The van der Waals surface area contributed by atoms with E-state index >= 15 is 0 Å². The fraction of sp³-hybridized carbons (Fsp3) is 0.429. The first-order valence-corrected chi connectivity index (χ1v) is 6.47. The van der Waals surface area contributed by atoms with Crippen LogP contribution in [-0.4, -0.2) is 30.0 Å². The zero-order valence-corrected chi connectivity index (χ0v) is 12.2. The number of rotatable bonds is 6. The van der Waals surface area contributed by atoms with Crippen LogP contribution in [0.4, 0.5) is 5.69 Å². The maximum absolute atomic E-state index is 11.7. The molecule has 0 radical (unpaired) electrons. The van der Waals surface area contributed by atoms with Gasteiger partial charge in [-0.3, -0.25) is 14.9 Å². The highest BCUT2D eigenvalue weighted by atomic mass is 16.6. The van der Waals surface area contributed by atoms with Crippen LogP contribution in [0.15, 0.2) is 24.3 Å². The van der Waals surface area contributed by atoms with Crippen LogP contribution < -0.4 is 5.32 Å². The number of hydrogen-bond acceptors (Lipinski definition) is 5. The molecule has 7 nitrogen and oxygen atoms in total. The minimum atomic E-state index is -0.953. The number of nitrogens with one attached hydrogen (secondary N) is 1. The zero-order valence-electron chi connectivity index (χ0n) is 12.2. The Bertz CT molecular complexity index is 542. The van der Waals surface area contributed by atoms with Gasteiger partial charge in [0.15, 0.2) is 0 Å². The van der Waals surface area contributed by atoms with Gasteiger partial charge in [0.25, 0.3) is 5.69 Å². The van der Waals surface area contributed by atoms with Crippen molar-refractivity contribution < 1.29 is 19.2 Å². The van der Waals surface area contributed by atoms with Crippen LogP contribution in [0.5, 0.6) is 0 Å². The molecule has 0 unspecified atom stereocenters. The molecule has 1 atom stereocenters. The molecule has 21 heavy (non-hydrogen) atoms. The molecule has 1 N–H and O–H groups in total. The maximum Gasteiger partial charge on any atom is 0.328 e. The molecule has 0 spiro atoms. The van der Waals surface area contributed by atoms with Gasteiger partial charge in [-0.15, -0.1) is 0 Å². The van der Waals surface area contributed by atoms with Crippen LogP contribution in [0, 0.1) is 16.0 Å². The lowest BCUT2D eigenvalue weighted by Crippen LogP contribution is -2.44. The van der Waals surface area contributed by atoms with Crippen LogP contribution in [-0.2, 0) is 20.7 Å². The lowest BCUT2D eigenvalue weighted by atomic mass is 10.0. The van der Waals surface area contributed by atoms with E-state index in [1.807, 2.05) is 0 Å². The molecule has 0 heterocycles. The number of amides is 1. The molecule has 0 fully saturated rings. The zero-order chi connectivity index (χ0) is 16.0. The van der Waals surface area contributed by atoms with Crippen molar-refractivity contribution in [3.05, 3.63) is 39.9 Å². The van der Waals surface area contributed by atoms with E-state index in [1.165, 1.54) is 13.2 Å². The van der Waals surface area contributed by atoms with Crippen molar-refractivity contribution in [2.75, 3.05) is 7.11 Å². The van der Waals surface area contributed by atoms with E-state index < -0.39 is 16.9 Å². The van der Waals surface area contributed by atoms with Gasteiger partial charge in [-0.05, 0) is 0 Å². The van der Waals surface area contributed by atoms with Crippen molar-refractivity contribution in [1.82, 2.24) is 5.32 Å². The predicted octanol–water partition coefficient (Wildman–Crippen LogP) is 1.45. The number of carbonyl (C=O) groups is 2. The summed E-state index contributed by atoms with van der Waals surface area (Å²) in [6.07, 6.45) is 0.00227. The highest BCUT2D eigenvalue weighted by molar-refractivity contribution is 5.85. The number of nitrogens with zero attached hydrogens (tertiary/aromatic N) is 1. The summed E-state index contributed by atoms with van der Waals surface area (Å²) in [4.78, 5) is 33.9. The number of benzene rings is 1. The summed E-state index contributed by atoms with van der Waals surface area (Å²) in [7, 11) is 1.20. The Kier molecular flexibility index (Phi) is 5.83. The molecule has 114 valence electrons. The second-order valence-corrected chi connectivity index (χ2v) is 4.83.